The molecule has 0 spiro atoms. The molecule has 0 bridgehead atoms. The number of H-pyrrole nitrogens is 1. The van der Waals surface area contributed by atoms with Crippen molar-refractivity contribution in [2.45, 2.75) is 45.2 Å². The Balaban J connectivity index is 1.48. The van der Waals surface area contributed by atoms with Gasteiger partial charge in [-0.25, -0.2) is 4.98 Å². The van der Waals surface area contributed by atoms with E-state index in [1.54, 1.807) is 7.11 Å². The summed E-state index contributed by atoms with van der Waals surface area (Å²) in [5.41, 5.74) is 3.06. The van der Waals surface area contributed by atoms with Crippen molar-refractivity contribution < 1.29 is 4.74 Å². The van der Waals surface area contributed by atoms with E-state index in [0.29, 0.717) is 6.54 Å². The zero-order valence-electron chi connectivity index (χ0n) is 16.0. The highest BCUT2D eigenvalue weighted by atomic mass is 16.5. The molecule has 2 aliphatic rings. The fourth-order valence-electron chi connectivity index (χ4n) is 4.02. The number of anilines is 1. The highest BCUT2D eigenvalue weighted by molar-refractivity contribution is 5.35. The Kier molecular flexibility index (Phi) is 5.43. The first kappa shape index (κ1) is 18.0. The predicted molar refractivity (Wildman–Crippen MR) is 106 cm³/mol. The lowest BCUT2D eigenvalue weighted by Gasteiger charge is -2.29. The van der Waals surface area contributed by atoms with E-state index in [1.165, 1.54) is 31.2 Å². The number of aromatic nitrogens is 2. The van der Waals surface area contributed by atoms with E-state index < -0.39 is 0 Å². The van der Waals surface area contributed by atoms with Gasteiger partial charge in [-0.05, 0) is 30.5 Å². The molecule has 2 aliphatic heterocycles. The fourth-order valence-corrected chi connectivity index (χ4v) is 4.02. The number of nitrogens with zero attached hydrogens (tertiary/aromatic N) is 3. The number of benzene rings is 1. The molecule has 0 atom stereocenters. The molecule has 0 amide bonds. The number of fused-ring (bicyclic) bond motifs is 1. The van der Waals surface area contributed by atoms with Crippen LogP contribution in [-0.2, 0) is 19.5 Å². The van der Waals surface area contributed by atoms with Gasteiger partial charge in [-0.1, -0.05) is 25.0 Å². The molecule has 0 radical (unpaired) electrons. The molecule has 6 nitrogen and oxygen atoms in total. The molecule has 144 valence electrons. The second-order valence-corrected chi connectivity index (χ2v) is 7.52. The van der Waals surface area contributed by atoms with Crippen LogP contribution >= 0.6 is 0 Å². The molecule has 1 aromatic heterocycles. The van der Waals surface area contributed by atoms with Crippen LogP contribution < -0.4 is 15.2 Å². The van der Waals surface area contributed by atoms with Gasteiger partial charge in [0.2, 0.25) is 5.95 Å². The van der Waals surface area contributed by atoms with E-state index in [1.807, 2.05) is 12.1 Å². The Labute approximate surface area is 160 Å². The number of aromatic amines is 1. The topological polar surface area (TPSA) is 61.5 Å². The number of ether oxygens (including phenoxy) is 1. The number of methoxy groups -OCH3 is 1. The van der Waals surface area contributed by atoms with Gasteiger partial charge < -0.3 is 9.64 Å². The van der Waals surface area contributed by atoms with Crippen LogP contribution in [0.2, 0.25) is 0 Å². The van der Waals surface area contributed by atoms with Crippen molar-refractivity contribution in [3.05, 3.63) is 51.4 Å². The Morgan fingerprint density at radius 1 is 1.07 bits per heavy atom. The van der Waals surface area contributed by atoms with E-state index >= 15 is 0 Å². The van der Waals surface area contributed by atoms with Crippen molar-refractivity contribution in [2.24, 2.45) is 0 Å². The molecule has 6 heteroatoms. The first-order chi connectivity index (χ1) is 13.2. The molecule has 1 saturated heterocycles. The Morgan fingerprint density at radius 2 is 1.81 bits per heavy atom. The zero-order valence-corrected chi connectivity index (χ0v) is 16.0. The van der Waals surface area contributed by atoms with Crippen molar-refractivity contribution in [3.63, 3.8) is 0 Å². The average molecular weight is 368 g/mol. The van der Waals surface area contributed by atoms with Crippen molar-refractivity contribution in [1.29, 1.82) is 0 Å². The molecular weight excluding hydrogens is 340 g/mol. The van der Waals surface area contributed by atoms with E-state index in [-0.39, 0.29) is 5.56 Å². The number of nitrogens with one attached hydrogen (secondary N) is 1. The molecule has 0 saturated carbocycles. The molecule has 1 aromatic carbocycles. The predicted octanol–water partition coefficient (Wildman–Crippen LogP) is 2.72. The van der Waals surface area contributed by atoms with E-state index in [4.69, 9.17) is 9.72 Å². The van der Waals surface area contributed by atoms with Crippen LogP contribution in [0.4, 0.5) is 5.95 Å². The third-order valence-electron chi connectivity index (χ3n) is 5.61. The Morgan fingerprint density at radius 3 is 2.52 bits per heavy atom. The van der Waals surface area contributed by atoms with E-state index in [9.17, 15) is 4.79 Å². The van der Waals surface area contributed by atoms with Gasteiger partial charge in [0.15, 0.2) is 0 Å². The number of rotatable bonds is 4. The normalized spacial score (nSPS) is 18.0. The lowest BCUT2D eigenvalue weighted by atomic mass is 10.1. The minimum atomic E-state index is 0.0266. The molecule has 2 aromatic rings. The summed E-state index contributed by atoms with van der Waals surface area (Å²) in [5, 5.41) is 0. The van der Waals surface area contributed by atoms with Crippen LogP contribution in [0, 0.1) is 0 Å². The summed E-state index contributed by atoms with van der Waals surface area (Å²) >= 11 is 0. The van der Waals surface area contributed by atoms with Crippen molar-refractivity contribution in [3.8, 4) is 5.75 Å². The second-order valence-electron chi connectivity index (χ2n) is 7.52. The molecular formula is C21H28N4O2. The highest BCUT2D eigenvalue weighted by Crippen LogP contribution is 2.21. The smallest absolute Gasteiger partial charge is 0.257 e. The minimum Gasteiger partial charge on any atom is -0.497 e. The summed E-state index contributed by atoms with van der Waals surface area (Å²) in [6.45, 7) is 4.40. The van der Waals surface area contributed by atoms with Gasteiger partial charge in [-0.3, -0.25) is 14.7 Å². The van der Waals surface area contributed by atoms with Crippen LogP contribution in [0.15, 0.2) is 29.1 Å². The minimum absolute atomic E-state index is 0.0266. The maximum atomic E-state index is 12.7. The first-order valence-electron chi connectivity index (χ1n) is 9.95. The molecule has 1 fully saturated rings. The average Bonchev–Trinajstić information content (AvgIpc) is 2.98. The summed E-state index contributed by atoms with van der Waals surface area (Å²) in [6.07, 6.45) is 5.72. The number of hydrogen-bond donors (Lipinski definition) is 1. The zero-order chi connectivity index (χ0) is 18.6. The monoisotopic (exact) mass is 368 g/mol. The SMILES string of the molecule is COc1ccc(CN2CCc3nc(N4CCCCCC4)[nH]c(=O)c3C2)cc1. The Hall–Kier alpha value is -2.34. The van der Waals surface area contributed by atoms with Crippen LogP contribution in [0.1, 0.15) is 42.5 Å². The second kappa shape index (κ2) is 8.13. The molecule has 27 heavy (non-hydrogen) atoms. The van der Waals surface area contributed by atoms with Gasteiger partial charge in [0.1, 0.15) is 5.75 Å². The highest BCUT2D eigenvalue weighted by Gasteiger charge is 2.23. The maximum Gasteiger partial charge on any atom is 0.257 e. The Bertz CT molecular complexity index is 823. The van der Waals surface area contributed by atoms with E-state index in [0.717, 1.165) is 55.6 Å². The van der Waals surface area contributed by atoms with Crippen LogP contribution in [0.25, 0.3) is 0 Å². The lowest BCUT2D eigenvalue weighted by molar-refractivity contribution is 0.241. The van der Waals surface area contributed by atoms with Crippen LogP contribution in [0.5, 0.6) is 5.75 Å². The van der Waals surface area contributed by atoms with Crippen molar-refractivity contribution in [2.75, 3.05) is 31.6 Å². The third-order valence-corrected chi connectivity index (χ3v) is 5.61. The first-order valence-corrected chi connectivity index (χ1v) is 9.95. The van der Waals surface area contributed by atoms with Crippen LogP contribution in [0.3, 0.4) is 0 Å². The molecule has 4 rings (SSSR count). The van der Waals surface area contributed by atoms with Gasteiger partial charge in [-0.15, -0.1) is 0 Å². The van der Waals surface area contributed by atoms with E-state index in [2.05, 4.69) is 26.9 Å². The lowest BCUT2D eigenvalue weighted by Crippen LogP contribution is -2.37. The van der Waals surface area contributed by atoms with Gasteiger partial charge in [0, 0.05) is 39.1 Å². The van der Waals surface area contributed by atoms with Gasteiger partial charge in [0.05, 0.1) is 18.4 Å². The fraction of sp³-hybridized carbons (Fsp3) is 0.524. The van der Waals surface area contributed by atoms with Crippen molar-refractivity contribution in [1.82, 2.24) is 14.9 Å². The summed E-state index contributed by atoms with van der Waals surface area (Å²) < 4.78 is 5.22. The standard InChI is InChI=1S/C21H28N4O2/c1-27-17-8-6-16(7-9-17)14-24-13-10-19-18(15-24)20(26)23-21(22-19)25-11-4-2-3-5-12-25/h6-9H,2-5,10-15H2,1H3,(H,22,23,26). The van der Waals surface area contributed by atoms with Gasteiger partial charge in [-0.2, -0.15) is 0 Å². The third kappa shape index (κ3) is 4.16. The van der Waals surface area contributed by atoms with Crippen molar-refractivity contribution >= 4 is 5.95 Å². The molecule has 1 N–H and O–H groups in total. The summed E-state index contributed by atoms with van der Waals surface area (Å²) in [4.78, 5) is 25.2. The molecule has 0 aliphatic carbocycles. The van der Waals surface area contributed by atoms with Gasteiger partial charge >= 0.3 is 0 Å². The molecule has 0 unspecified atom stereocenters. The van der Waals surface area contributed by atoms with Crippen LogP contribution in [-0.4, -0.2) is 41.6 Å². The maximum absolute atomic E-state index is 12.7. The number of hydrogen-bond acceptors (Lipinski definition) is 5. The quantitative estimate of drug-likeness (QED) is 0.899. The summed E-state index contributed by atoms with van der Waals surface area (Å²) in [5.74, 6) is 1.63. The largest absolute Gasteiger partial charge is 0.497 e. The van der Waals surface area contributed by atoms with Gasteiger partial charge in [0.25, 0.3) is 5.56 Å². The summed E-state index contributed by atoms with van der Waals surface area (Å²) in [6, 6.07) is 8.13. The molecule has 3 heterocycles. The summed E-state index contributed by atoms with van der Waals surface area (Å²) in [7, 11) is 1.68.